The lowest BCUT2D eigenvalue weighted by Gasteiger charge is -1.99. The van der Waals surface area contributed by atoms with Crippen LogP contribution < -0.4 is 5.49 Å². The van der Waals surface area contributed by atoms with Crippen molar-refractivity contribution in [3.63, 3.8) is 0 Å². The standard InChI is InChI=1S/C8H8N4O/c1-2-3-6-5-12(13)8(10)7(4-9)11-6/h2-3,5,10,13H,1H3/b3-2+,10-8?. The highest BCUT2D eigenvalue weighted by Gasteiger charge is 2.01. The van der Waals surface area contributed by atoms with E-state index in [2.05, 4.69) is 4.98 Å². The van der Waals surface area contributed by atoms with E-state index in [1.165, 1.54) is 6.20 Å². The average molecular weight is 176 g/mol. The zero-order valence-electron chi connectivity index (χ0n) is 7.02. The zero-order valence-corrected chi connectivity index (χ0v) is 7.02. The molecule has 66 valence electrons. The Morgan fingerprint density at radius 2 is 2.46 bits per heavy atom. The second kappa shape index (κ2) is 3.54. The minimum atomic E-state index is -0.309. The van der Waals surface area contributed by atoms with Crippen molar-refractivity contribution in [2.75, 3.05) is 0 Å². The molecule has 1 aromatic rings. The van der Waals surface area contributed by atoms with Gasteiger partial charge in [0.2, 0.25) is 0 Å². The maximum Gasteiger partial charge on any atom is 0.197 e. The second-order valence-electron chi connectivity index (χ2n) is 2.32. The fourth-order valence-corrected chi connectivity index (χ4v) is 0.838. The van der Waals surface area contributed by atoms with Crippen LogP contribution in [0.15, 0.2) is 12.3 Å². The number of nitriles is 1. The van der Waals surface area contributed by atoms with Crippen LogP contribution in [-0.4, -0.2) is 14.9 Å². The van der Waals surface area contributed by atoms with Gasteiger partial charge in [-0.3, -0.25) is 5.41 Å². The lowest BCUT2D eigenvalue weighted by molar-refractivity contribution is 0.168. The van der Waals surface area contributed by atoms with Crippen LogP contribution in [0.3, 0.4) is 0 Å². The van der Waals surface area contributed by atoms with Crippen LogP contribution in [-0.2, 0) is 0 Å². The maximum absolute atomic E-state index is 9.14. The number of hydrogen-bond donors (Lipinski definition) is 2. The van der Waals surface area contributed by atoms with Crippen LogP contribution in [0.5, 0.6) is 0 Å². The Kier molecular flexibility index (Phi) is 2.45. The molecule has 13 heavy (non-hydrogen) atoms. The van der Waals surface area contributed by atoms with Crippen molar-refractivity contribution >= 4 is 6.08 Å². The molecular weight excluding hydrogens is 168 g/mol. The molecule has 0 aliphatic heterocycles. The van der Waals surface area contributed by atoms with Crippen molar-refractivity contribution in [2.24, 2.45) is 0 Å². The van der Waals surface area contributed by atoms with E-state index in [0.29, 0.717) is 10.4 Å². The van der Waals surface area contributed by atoms with Gasteiger partial charge < -0.3 is 5.21 Å². The molecule has 0 unspecified atom stereocenters. The molecule has 0 fully saturated rings. The van der Waals surface area contributed by atoms with Crippen LogP contribution in [0.4, 0.5) is 0 Å². The molecule has 0 saturated heterocycles. The van der Waals surface area contributed by atoms with Crippen LogP contribution in [0.1, 0.15) is 18.3 Å². The van der Waals surface area contributed by atoms with Gasteiger partial charge in [0.1, 0.15) is 6.07 Å². The normalized spacial score (nSPS) is 10.2. The number of nitrogens with zero attached hydrogens (tertiary/aromatic N) is 3. The first-order valence-corrected chi connectivity index (χ1v) is 3.59. The highest BCUT2D eigenvalue weighted by atomic mass is 16.5. The first-order chi connectivity index (χ1) is 6.19. The van der Waals surface area contributed by atoms with E-state index < -0.39 is 0 Å². The smallest absolute Gasteiger partial charge is 0.197 e. The third-order valence-corrected chi connectivity index (χ3v) is 1.39. The molecule has 0 spiro atoms. The van der Waals surface area contributed by atoms with Gasteiger partial charge in [-0.25, -0.2) is 4.98 Å². The summed E-state index contributed by atoms with van der Waals surface area (Å²) in [5, 5.41) is 24.9. The molecule has 1 rings (SSSR count). The molecule has 0 bridgehead atoms. The molecule has 0 aromatic carbocycles. The van der Waals surface area contributed by atoms with Gasteiger partial charge in [-0.05, 0) is 13.0 Å². The molecule has 2 N–H and O–H groups in total. The Morgan fingerprint density at radius 1 is 1.77 bits per heavy atom. The number of aromatic nitrogens is 2. The molecular formula is C8H8N4O. The molecule has 1 aromatic heterocycles. The van der Waals surface area contributed by atoms with Gasteiger partial charge in [-0.15, -0.1) is 0 Å². The number of rotatable bonds is 1. The van der Waals surface area contributed by atoms with Crippen molar-refractivity contribution in [3.8, 4) is 6.07 Å². The summed E-state index contributed by atoms with van der Waals surface area (Å²) >= 11 is 0. The van der Waals surface area contributed by atoms with E-state index in [0.717, 1.165) is 0 Å². The summed E-state index contributed by atoms with van der Waals surface area (Å²) in [6, 6.07) is 1.72. The summed E-state index contributed by atoms with van der Waals surface area (Å²) in [6.07, 6.45) is 4.63. The first-order valence-electron chi connectivity index (χ1n) is 3.59. The third kappa shape index (κ3) is 1.73. The Balaban J connectivity index is 3.41. The van der Waals surface area contributed by atoms with Gasteiger partial charge in [0.15, 0.2) is 11.2 Å². The van der Waals surface area contributed by atoms with Gasteiger partial charge in [0.25, 0.3) is 0 Å². The average Bonchev–Trinajstić information content (AvgIpc) is 2.11. The monoisotopic (exact) mass is 176 g/mol. The van der Waals surface area contributed by atoms with Gasteiger partial charge >= 0.3 is 0 Å². The number of allylic oxidation sites excluding steroid dienone is 1. The lowest BCUT2D eigenvalue weighted by atomic mass is 10.3. The Labute approximate surface area is 74.7 Å². The third-order valence-electron chi connectivity index (χ3n) is 1.39. The molecule has 0 radical (unpaired) electrons. The fraction of sp³-hybridized carbons (Fsp3) is 0.125. The minimum Gasteiger partial charge on any atom is -0.427 e. The summed E-state index contributed by atoms with van der Waals surface area (Å²) in [5.74, 6) is 0. The highest BCUT2D eigenvalue weighted by Crippen LogP contribution is 1.95. The summed E-state index contributed by atoms with van der Waals surface area (Å²) in [4.78, 5) is 3.83. The lowest BCUT2D eigenvalue weighted by Crippen LogP contribution is -2.22. The largest absolute Gasteiger partial charge is 0.427 e. The summed E-state index contributed by atoms with van der Waals surface area (Å²) in [5.41, 5.74) is 0.0337. The van der Waals surface area contributed by atoms with Crippen LogP contribution in [0.25, 0.3) is 6.08 Å². The van der Waals surface area contributed by atoms with E-state index in [-0.39, 0.29) is 11.2 Å². The second-order valence-corrected chi connectivity index (χ2v) is 2.32. The topological polar surface area (TPSA) is 85.7 Å². The maximum atomic E-state index is 9.14. The van der Waals surface area contributed by atoms with Gasteiger partial charge in [0.05, 0.1) is 11.9 Å². The Morgan fingerprint density at radius 3 is 3.00 bits per heavy atom. The molecule has 0 aliphatic carbocycles. The molecule has 0 aliphatic rings. The van der Waals surface area contributed by atoms with Crippen molar-refractivity contribution in [1.29, 1.82) is 10.7 Å². The summed E-state index contributed by atoms with van der Waals surface area (Å²) in [7, 11) is 0. The van der Waals surface area contributed by atoms with Gasteiger partial charge in [-0.2, -0.15) is 9.99 Å². The van der Waals surface area contributed by atoms with Crippen LogP contribution >= 0.6 is 0 Å². The molecule has 1 heterocycles. The van der Waals surface area contributed by atoms with E-state index in [4.69, 9.17) is 15.9 Å². The SMILES string of the molecule is C/C=C/c1cn(O)c(=N)c(C#N)n1. The van der Waals surface area contributed by atoms with Crippen LogP contribution in [0, 0.1) is 16.7 Å². The van der Waals surface area contributed by atoms with Crippen molar-refractivity contribution in [3.05, 3.63) is 29.1 Å². The van der Waals surface area contributed by atoms with Crippen molar-refractivity contribution in [1.82, 2.24) is 9.71 Å². The Hall–Kier alpha value is -2.09. The minimum absolute atomic E-state index is 0.0990. The fourth-order valence-electron chi connectivity index (χ4n) is 0.838. The first kappa shape index (κ1) is 9.00. The number of hydrogen-bond acceptors (Lipinski definition) is 4. The molecule has 5 nitrogen and oxygen atoms in total. The highest BCUT2D eigenvalue weighted by molar-refractivity contribution is 5.43. The van der Waals surface area contributed by atoms with Crippen molar-refractivity contribution in [2.45, 2.75) is 6.92 Å². The number of nitrogens with one attached hydrogen (secondary N) is 1. The quantitative estimate of drug-likeness (QED) is 0.611. The molecule has 0 amide bonds. The van der Waals surface area contributed by atoms with Gasteiger partial charge in [-0.1, -0.05) is 6.08 Å². The predicted molar refractivity (Wildman–Crippen MR) is 44.7 cm³/mol. The molecule has 0 saturated carbocycles. The van der Waals surface area contributed by atoms with E-state index in [9.17, 15) is 0 Å². The van der Waals surface area contributed by atoms with E-state index in [1.54, 1.807) is 25.1 Å². The molecule has 5 heteroatoms. The summed E-state index contributed by atoms with van der Waals surface area (Å²) < 4.78 is 0.570. The summed E-state index contributed by atoms with van der Waals surface area (Å²) in [6.45, 7) is 1.80. The zero-order chi connectivity index (χ0) is 9.84. The Bertz CT molecular complexity index is 438. The van der Waals surface area contributed by atoms with E-state index >= 15 is 0 Å². The van der Waals surface area contributed by atoms with Crippen molar-refractivity contribution < 1.29 is 5.21 Å². The molecule has 0 atom stereocenters. The predicted octanol–water partition coefficient (Wildman–Crippen LogP) is 0.505. The van der Waals surface area contributed by atoms with Crippen LogP contribution in [0.2, 0.25) is 0 Å². The van der Waals surface area contributed by atoms with E-state index in [1.807, 2.05) is 0 Å². The van der Waals surface area contributed by atoms with Gasteiger partial charge in [0, 0.05) is 0 Å².